The first kappa shape index (κ1) is 18.2. The maximum absolute atomic E-state index is 12.9. The first-order valence-corrected chi connectivity index (χ1v) is 8.93. The number of hydrogen-bond acceptors (Lipinski definition) is 5. The Labute approximate surface area is 147 Å². The van der Waals surface area contributed by atoms with E-state index in [2.05, 4.69) is 6.58 Å². The van der Waals surface area contributed by atoms with Crippen LogP contribution in [0.1, 0.15) is 39.5 Å². The zero-order chi connectivity index (χ0) is 18.6. The minimum atomic E-state index is -1.32. The lowest BCUT2D eigenvalue weighted by atomic mass is 9.44. The third-order valence-electron chi connectivity index (χ3n) is 6.85. The molecule has 0 bridgehead atoms. The molecule has 2 N–H and O–H groups in total. The highest BCUT2D eigenvalue weighted by atomic mass is 16.3. The monoisotopic (exact) mass is 346 g/mol. The second-order valence-corrected chi connectivity index (χ2v) is 8.50. The van der Waals surface area contributed by atoms with E-state index >= 15 is 0 Å². The number of aldehydes is 2. The summed E-state index contributed by atoms with van der Waals surface area (Å²) in [5.74, 6) is -1.66. The molecule has 2 saturated carbocycles. The highest BCUT2D eigenvalue weighted by Gasteiger charge is 2.66. The van der Waals surface area contributed by atoms with Crippen molar-refractivity contribution in [2.75, 3.05) is 0 Å². The number of aliphatic hydroxyl groups is 2. The van der Waals surface area contributed by atoms with Crippen molar-refractivity contribution in [3.63, 3.8) is 0 Å². The Morgan fingerprint density at radius 1 is 1.24 bits per heavy atom. The Balaban J connectivity index is 2.16. The smallest absolute Gasteiger partial charge is 0.187 e. The standard InChI is InChI=1S/C20H26O5/c1-11(9-21)12-4-5-14-13(8-12)16(24)17(25)18-19(2,3)7-6-15(23)20(14,18)10-22/h8-10,12,14-15,17-18,23,25H,1,4-7H2,2-3H3/t12-,14-,15+,17-,18-,20-/m1/s1. The number of aliphatic hydroxyl groups excluding tert-OH is 2. The van der Waals surface area contributed by atoms with Gasteiger partial charge in [0, 0.05) is 17.8 Å². The molecule has 0 spiro atoms. The van der Waals surface area contributed by atoms with Crippen LogP contribution in [-0.2, 0) is 14.4 Å². The second kappa shape index (κ2) is 5.99. The summed E-state index contributed by atoms with van der Waals surface area (Å²) in [6.45, 7) is 7.63. The van der Waals surface area contributed by atoms with Crippen molar-refractivity contribution in [2.24, 2.45) is 28.6 Å². The minimum Gasteiger partial charge on any atom is -0.392 e. The van der Waals surface area contributed by atoms with Gasteiger partial charge in [0.1, 0.15) is 18.7 Å². The molecule has 0 heterocycles. The molecule has 5 heteroatoms. The predicted molar refractivity (Wildman–Crippen MR) is 91.5 cm³/mol. The van der Waals surface area contributed by atoms with Crippen LogP contribution in [0, 0.1) is 28.6 Å². The molecule has 3 rings (SSSR count). The molecule has 0 unspecified atom stereocenters. The highest BCUT2D eigenvalue weighted by Crippen LogP contribution is 2.61. The van der Waals surface area contributed by atoms with E-state index in [0.717, 1.165) is 6.29 Å². The van der Waals surface area contributed by atoms with Crippen molar-refractivity contribution < 1.29 is 24.6 Å². The minimum absolute atomic E-state index is 0.256. The molecule has 0 radical (unpaired) electrons. The Morgan fingerprint density at radius 3 is 2.52 bits per heavy atom. The maximum Gasteiger partial charge on any atom is 0.187 e. The number of carbonyl (C=O) groups is 3. The molecule has 0 saturated heterocycles. The van der Waals surface area contributed by atoms with Crippen LogP contribution in [0.2, 0.25) is 0 Å². The first-order chi connectivity index (χ1) is 11.7. The average Bonchev–Trinajstić information content (AvgIpc) is 2.60. The van der Waals surface area contributed by atoms with Gasteiger partial charge in [-0.1, -0.05) is 26.5 Å². The molecular formula is C20H26O5. The van der Waals surface area contributed by atoms with Gasteiger partial charge in [0.05, 0.1) is 11.5 Å². The quantitative estimate of drug-likeness (QED) is 0.598. The van der Waals surface area contributed by atoms with E-state index < -0.39 is 34.9 Å². The molecular weight excluding hydrogens is 320 g/mol. The molecule has 0 aromatic rings. The van der Waals surface area contributed by atoms with Crippen LogP contribution in [0.4, 0.5) is 0 Å². The highest BCUT2D eigenvalue weighted by molar-refractivity contribution is 6.02. The number of ketones is 1. The van der Waals surface area contributed by atoms with Crippen LogP contribution >= 0.6 is 0 Å². The van der Waals surface area contributed by atoms with Crippen molar-refractivity contribution in [3.05, 3.63) is 23.8 Å². The van der Waals surface area contributed by atoms with E-state index in [1.807, 2.05) is 13.8 Å². The summed E-state index contributed by atoms with van der Waals surface area (Å²) in [5.41, 5.74) is -0.815. The van der Waals surface area contributed by atoms with Crippen molar-refractivity contribution in [1.82, 2.24) is 0 Å². The first-order valence-electron chi connectivity index (χ1n) is 8.93. The molecule has 3 aliphatic carbocycles. The molecule has 0 aliphatic heterocycles. The topological polar surface area (TPSA) is 91.7 Å². The van der Waals surface area contributed by atoms with Crippen LogP contribution in [0.15, 0.2) is 23.8 Å². The molecule has 6 atom stereocenters. The predicted octanol–water partition coefficient (Wildman–Crippen LogP) is 1.62. The van der Waals surface area contributed by atoms with Gasteiger partial charge in [0.15, 0.2) is 5.78 Å². The Morgan fingerprint density at radius 2 is 1.92 bits per heavy atom. The van der Waals surface area contributed by atoms with Gasteiger partial charge in [0.25, 0.3) is 0 Å². The van der Waals surface area contributed by atoms with Crippen LogP contribution in [0.25, 0.3) is 0 Å². The summed E-state index contributed by atoms with van der Waals surface area (Å²) in [5, 5.41) is 21.6. The Bertz CT molecular complexity index is 661. The zero-order valence-corrected chi connectivity index (χ0v) is 14.8. The van der Waals surface area contributed by atoms with E-state index in [1.165, 1.54) is 0 Å². The lowest BCUT2D eigenvalue weighted by Crippen LogP contribution is -2.66. The molecule has 136 valence electrons. The van der Waals surface area contributed by atoms with Gasteiger partial charge in [-0.3, -0.25) is 9.59 Å². The third kappa shape index (κ3) is 2.40. The summed E-state index contributed by atoms with van der Waals surface area (Å²) in [6, 6.07) is 0. The summed E-state index contributed by atoms with van der Waals surface area (Å²) in [7, 11) is 0. The normalized spacial score (nSPS) is 42.6. The van der Waals surface area contributed by atoms with E-state index in [-0.39, 0.29) is 11.7 Å². The summed E-state index contributed by atoms with van der Waals surface area (Å²) < 4.78 is 0. The van der Waals surface area contributed by atoms with Gasteiger partial charge in [-0.05, 0) is 42.2 Å². The van der Waals surface area contributed by atoms with Crippen molar-refractivity contribution in [3.8, 4) is 0 Å². The zero-order valence-electron chi connectivity index (χ0n) is 14.8. The van der Waals surface area contributed by atoms with Crippen molar-refractivity contribution in [2.45, 2.75) is 51.7 Å². The van der Waals surface area contributed by atoms with Gasteiger partial charge in [-0.2, -0.15) is 0 Å². The number of rotatable bonds is 3. The fourth-order valence-corrected chi connectivity index (χ4v) is 5.58. The molecule has 3 aliphatic rings. The van der Waals surface area contributed by atoms with E-state index in [4.69, 9.17) is 0 Å². The lowest BCUT2D eigenvalue weighted by molar-refractivity contribution is -0.187. The van der Waals surface area contributed by atoms with Crippen molar-refractivity contribution >= 4 is 18.4 Å². The summed E-state index contributed by atoms with van der Waals surface area (Å²) in [6.07, 6.45) is 3.19. The van der Waals surface area contributed by atoms with E-state index in [9.17, 15) is 24.6 Å². The molecule has 25 heavy (non-hydrogen) atoms. The third-order valence-corrected chi connectivity index (χ3v) is 6.85. The maximum atomic E-state index is 12.9. The lowest BCUT2D eigenvalue weighted by Gasteiger charge is -2.60. The second-order valence-electron chi connectivity index (χ2n) is 8.50. The SMILES string of the molecule is C=C(C=O)[C@H]1C=C2C(=O)[C@@H](O)[C@@H]3C(C)(C)CC[C@H](O)[C@@]3(C=O)[C@@H]2CC1. The van der Waals surface area contributed by atoms with Gasteiger partial charge in [-0.25, -0.2) is 0 Å². The number of carbonyl (C=O) groups excluding carboxylic acids is 3. The Kier molecular flexibility index (Phi) is 4.36. The largest absolute Gasteiger partial charge is 0.392 e. The molecule has 0 amide bonds. The van der Waals surface area contributed by atoms with Gasteiger partial charge in [0.2, 0.25) is 0 Å². The molecule has 5 nitrogen and oxygen atoms in total. The Hall–Kier alpha value is -1.59. The van der Waals surface area contributed by atoms with Gasteiger partial charge < -0.3 is 15.0 Å². The number of hydrogen-bond donors (Lipinski definition) is 2. The van der Waals surface area contributed by atoms with Crippen LogP contribution in [0.5, 0.6) is 0 Å². The van der Waals surface area contributed by atoms with Gasteiger partial charge in [-0.15, -0.1) is 0 Å². The summed E-state index contributed by atoms with van der Waals surface area (Å²) in [4.78, 5) is 36.2. The van der Waals surface area contributed by atoms with Crippen LogP contribution in [0.3, 0.4) is 0 Å². The van der Waals surface area contributed by atoms with E-state index in [0.29, 0.717) is 43.1 Å². The fourth-order valence-electron chi connectivity index (χ4n) is 5.58. The fraction of sp³-hybridized carbons (Fsp3) is 0.650. The number of Topliss-reactive ketones (excluding diaryl/α,β-unsaturated/α-hetero) is 1. The van der Waals surface area contributed by atoms with Gasteiger partial charge >= 0.3 is 0 Å². The number of fused-ring (bicyclic) bond motifs is 3. The molecule has 2 fully saturated rings. The molecule has 0 aromatic carbocycles. The number of allylic oxidation sites excluding steroid dienone is 2. The molecule has 0 aromatic heterocycles. The van der Waals surface area contributed by atoms with Crippen molar-refractivity contribution in [1.29, 1.82) is 0 Å². The summed E-state index contributed by atoms with van der Waals surface area (Å²) >= 11 is 0. The average molecular weight is 346 g/mol. The van der Waals surface area contributed by atoms with Crippen LogP contribution in [-0.4, -0.2) is 40.8 Å². The van der Waals surface area contributed by atoms with Crippen LogP contribution < -0.4 is 0 Å². The van der Waals surface area contributed by atoms with E-state index in [1.54, 1.807) is 6.08 Å².